The van der Waals surface area contributed by atoms with E-state index in [-0.39, 0.29) is 17.3 Å². The predicted octanol–water partition coefficient (Wildman–Crippen LogP) is 4.38. The van der Waals surface area contributed by atoms with Crippen molar-refractivity contribution < 1.29 is 19.0 Å². The number of aromatic nitrogens is 1. The number of anilines is 1. The van der Waals surface area contributed by atoms with Crippen molar-refractivity contribution in [1.29, 1.82) is 0 Å². The van der Waals surface area contributed by atoms with E-state index < -0.39 is 17.5 Å². The van der Waals surface area contributed by atoms with Gasteiger partial charge < -0.3 is 9.84 Å². The summed E-state index contributed by atoms with van der Waals surface area (Å²) in [5.74, 6) is -0.658. The van der Waals surface area contributed by atoms with E-state index in [1.165, 1.54) is 24.5 Å². The fourth-order valence-electron chi connectivity index (χ4n) is 2.00. The molecule has 0 spiro atoms. The minimum absolute atomic E-state index is 0.0794. The Morgan fingerprint density at radius 3 is 2.67 bits per heavy atom. The monoisotopic (exact) mass is 352 g/mol. The van der Waals surface area contributed by atoms with Gasteiger partial charge in [0.05, 0.1) is 17.3 Å². The zero-order chi connectivity index (χ0) is 17.9. The number of amides is 1. The van der Waals surface area contributed by atoms with Gasteiger partial charge in [-0.15, -0.1) is 0 Å². The lowest BCUT2D eigenvalue weighted by atomic mass is 10.1. The van der Waals surface area contributed by atoms with Gasteiger partial charge in [0.2, 0.25) is 0 Å². The molecule has 5 nitrogen and oxygen atoms in total. The molecule has 1 aromatic heterocycles. The average Bonchev–Trinajstić information content (AvgIpc) is 2.48. The van der Waals surface area contributed by atoms with Crippen LogP contribution in [0.15, 0.2) is 30.6 Å². The molecule has 2 aromatic rings. The summed E-state index contributed by atoms with van der Waals surface area (Å²) in [6, 6.07) is 4.17. The Bertz CT molecular complexity index is 760. The highest BCUT2D eigenvalue weighted by Crippen LogP contribution is 2.32. The largest absolute Gasteiger partial charge is 0.444 e. The fourth-order valence-corrected chi connectivity index (χ4v) is 2.27. The third kappa shape index (κ3) is 4.66. The van der Waals surface area contributed by atoms with Gasteiger partial charge in [-0.3, -0.25) is 10.3 Å². The van der Waals surface area contributed by atoms with E-state index in [0.717, 1.165) is 0 Å². The number of benzene rings is 1. The van der Waals surface area contributed by atoms with Gasteiger partial charge in [-0.05, 0) is 44.5 Å². The van der Waals surface area contributed by atoms with Crippen molar-refractivity contribution in [1.82, 2.24) is 4.98 Å². The lowest BCUT2D eigenvalue weighted by Gasteiger charge is -2.20. The van der Waals surface area contributed by atoms with Gasteiger partial charge in [0.25, 0.3) is 0 Å². The molecule has 24 heavy (non-hydrogen) atoms. The van der Waals surface area contributed by atoms with Crippen LogP contribution in [0.1, 0.15) is 26.3 Å². The Morgan fingerprint density at radius 2 is 2.04 bits per heavy atom. The normalized spacial score (nSPS) is 11.2. The van der Waals surface area contributed by atoms with E-state index in [2.05, 4.69) is 10.3 Å². The number of pyridine rings is 1. The van der Waals surface area contributed by atoms with Crippen molar-refractivity contribution in [2.24, 2.45) is 0 Å². The van der Waals surface area contributed by atoms with E-state index >= 15 is 0 Å². The Morgan fingerprint density at radius 1 is 1.33 bits per heavy atom. The Labute approximate surface area is 144 Å². The summed E-state index contributed by atoms with van der Waals surface area (Å²) < 4.78 is 19.4. The summed E-state index contributed by atoms with van der Waals surface area (Å²) in [5, 5.41) is 11.7. The van der Waals surface area contributed by atoms with Crippen LogP contribution in [0.5, 0.6) is 0 Å². The summed E-state index contributed by atoms with van der Waals surface area (Å²) in [4.78, 5) is 15.7. The zero-order valence-electron chi connectivity index (χ0n) is 13.6. The summed E-state index contributed by atoms with van der Waals surface area (Å²) in [7, 11) is 0. The molecular weight excluding hydrogens is 335 g/mol. The molecule has 0 saturated carbocycles. The number of rotatable bonds is 3. The molecule has 2 rings (SSSR count). The van der Waals surface area contributed by atoms with Gasteiger partial charge in [-0.1, -0.05) is 11.6 Å². The first-order valence-electron chi connectivity index (χ1n) is 7.24. The number of nitrogens with zero attached hydrogens (tertiary/aromatic N) is 1. The number of halogens is 2. The molecule has 1 heterocycles. The van der Waals surface area contributed by atoms with Gasteiger partial charge in [0.1, 0.15) is 11.4 Å². The van der Waals surface area contributed by atoms with Gasteiger partial charge in [0, 0.05) is 23.5 Å². The summed E-state index contributed by atoms with van der Waals surface area (Å²) in [6.07, 6.45) is 2.25. The van der Waals surface area contributed by atoms with Crippen LogP contribution in [0.2, 0.25) is 5.02 Å². The number of nitrogens with one attached hydrogen (secondary N) is 1. The topological polar surface area (TPSA) is 71.5 Å². The van der Waals surface area contributed by atoms with Crippen molar-refractivity contribution in [3.63, 3.8) is 0 Å². The highest BCUT2D eigenvalue weighted by molar-refractivity contribution is 6.33. The third-order valence-electron chi connectivity index (χ3n) is 2.98. The number of aliphatic hydroxyl groups is 1. The summed E-state index contributed by atoms with van der Waals surface area (Å²) in [5.41, 5.74) is 0.783. The molecule has 0 aliphatic carbocycles. The Kier molecular flexibility index (Phi) is 5.41. The summed E-state index contributed by atoms with van der Waals surface area (Å²) in [6.45, 7) is 4.94. The number of hydrogen-bond acceptors (Lipinski definition) is 4. The van der Waals surface area contributed by atoms with E-state index in [1.807, 2.05) is 0 Å². The van der Waals surface area contributed by atoms with E-state index in [0.29, 0.717) is 16.7 Å². The SMILES string of the molecule is CC(C)(C)OC(=O)Nc1cc(Cl)c(-c2cncc(CO)c2)cc1F. The summed E-state index contributed by atoms with van der Waals surface area (Å²) >= 11 is 6.20. The van der Waals surface area contributed by atoms with Crippen LogP contribution in [-0.4, -0.2) is 21.8 Å². The quantitative estimate of drug-likeness (QED) is 0.859. The second kappa shape index (κ2) is 7.15. The van der Waals surface area contributed by atoms with Crippen molar-refractivity contribution in [3.05, 3.63) is 47.0 Å². The van der Waals surface area contributed by atoms with Gasteiger partial charge in [0.15, 0.2) is 0 Å². The van der Waals surface area contributed by atoms with E-state index in [1.54, 1.807) is 26.8 Å². The van der Waals surface area contributed by atoms with E-state index in [4.69, 9.17) is 21.4 Å². The second-order valence-corrected chi connectivity index (χ2v) is 6.59. The predicted molar refractivity (Wildman–Crippen MR) is 90.4 cm³/mol. The first-order chi connectivity index (χ1) is 11.2. The van der Waals surface area contributed by atoms with Crippen LogP contribution >= 0.6 is 11.6 Å². The van der Waals surface area contributed by atoms with Gasteiger partial charge in [-0.2, -0.15) is 0 Å². The maximum Gasteiger partial charge on any atom is 0.412 e. The van der Waals surface area contributed by atoms with Crippen molar-refractivity contribution >= 4 is 23.4 Å². The van der Waals surface area contributed by atoms with Gasteiger partial charge in [-0.25, -0.2) is 9.18 Å². The first kappa shape index (κ1) is 18.2. The zero-order valence-corrected chi connectivity index (χ0v) is 14.3. The maximum atomic E-state index is 14.3. The van der Waals surface area contributed by atoms with Crippen LogP contribution in [0, 0.1) is 5.82 Å². The van der Waals surface area contributed by atoms with Crippen LogP contribution < -0.4 is 5.32 Å². The Balaban J connectivity index is 2.29. The number of ether oxygens (including phenoxy) is 1. The van der Waals surface area contributed by atoms with E-state index in [9.17, 15) is 9.18 Å². The minimum Gasteiger partial charge on any atom is -0.444 e. The number of carbonyl (C=O) groups excluding carboxylic acids is 1. The lowest BCUT2D eigenvalue weighted by molar-refractivity contribution is 0.0635. The lowest BCUT2D eigenvalue weighted by Crippen LogP contribution is -2.27. The van der Waals surface area contributed by atoms with Crippen LogP contribution in [-0.2, 0) is 11.3 Å². The first-order valence-corrected chi connectivity index (χ1v) is 7.61. The molecule has 2 N–H and O–H groups in total. The molecule has 7 heteroatoms. The molecule has 128 valence electrons. The standard InChI is InChI=1S/C17H18ClFN2O3/c1-17(2,3)24-16(23)21-15-6-13(18)12(5-14(15)19)11-4-10(9-22)7-20-8-11/h4-8,22H,9H2,1-3H3,(H,21,23). The number of aliphatic hydroxyl groups excluding tert-OH is 1. The maximum absolute atomic E-state index is 14.3. The smallest absolute Gasteiger partial charge is 0.412 e. The highest BCUT2D eigenvalue weighted by atomic mass is 35.5. The van der Waals surface area contributed by atoms with Crippen molar-refractivity contribution in [2.45, 2.75) is 33.0 Å². The molecule has 0 aliphatic rings. The molecule has 0 unspecified atom stereocenters. The molecule has 0 saturated heterocycles. The van der Waals surface area contributed by atoms with Crippen molar-refractivity contribution in [2.75, 3.05) is 5.32 Å². The molecule has 0 radical (unpaired) electrons. The molecule has 0 atom stereocenters. The second-order valence-electron chi connectivity index (χ2n) is 6.18. The molecule has 0 bridgehead atoms. The van der Waals surface area contributed by atoms with Crippen LogP contribution in [0.25, 0.3) is 11.1 Å². The number of hydrogen-bond donors (Lipinski definition) is 2. The van der Waals surface area contributed by atoms with Crippen LogP contribution in [0.3, 0.4) is 0 Å². The Hall–Kier alpha value is -2.18. The van der Waals surface area contributed by atoms with Crippen LogP contribution in [0.4, 0.5) is 14.9 Å². The number of carbonyl (C=O) groups is 1. The molecule has 1 amide bonds. The molecular formula is C17H18ClFN2O3. The average molecular weight is 353 g/mol. The molecule has 0 aliphatic heterocycles. The van der Waals surface area contributed by atoms with Crippen molar-refractivity contribution in [3.8, 4) is 11.1 Å². The highest BCUT2D eigenvalue weighted by Gasteiger charge is 2.18. The molecule has 1 aromatic carbocycles. The third-order valence-corrected chi connectivity index (χ3v) is 3.29. The minimum atomic E-state index is -0.769. The molecule has 0 fully saturated rings. The fraction of sp³-hybridized carbons (Fsp3) is 0.294. The van der Waals surface area contributed by atoms with Gasteiger partial charge >= 0.3 is 6.09 Å².